The van der Waals surface area contributed by atoms with E-state index in [4.69, 9.17) is 25.4 Å². The van der Waals surface area contributed by atoms with Crippen LogP contribution in [-0.4, -0.2) is 58.0 Å². The molecular formula is C15H20N2O7. The van der Waals surface area contributed by atoms with E-state index in [0.29, 0.717) is 24.8 Å². The van der Waals surface area contributed by atoms with Crippen LogP contribution in [0.5, 0.6) is 0 Å². The number of hydrogen-bond acceptors (Lipinski definition) is 7. The maximum atomic E-state index is 11.4. The highest BCUT2D eigenvalue weighted by Gasteiger charge is 2.30. The number of aliphatic hydroxyl groups is 1. The number of aliphatic hydroxyl groups excluding tert-OH is 1. The number of carboxylic acid groups (broad SMARTS) is 1. The number of allylic oxidation sites excluding steroid dienone is 1. The van der Waals surface area contributed by atoms with Crippen LogP contribution in [-0.2, 0) is 23.9 Å². The molecule has 0 aliphatic carbocycles. The van der Waals surface area contributed by atoms with Gasteiger partial charge in [-0.15, -0.1) is 0 Å². The summed E-state index contributed by atoms with van der Waals surface area (Å²) in [4.78, 5) is 34.9. The first-order valence-corrected chi connectivity index (χ1v) is 7.53. The van der Waals surface area contributed by atoms with Crippen molar-refractivity contribution in [2.24, 2.45) is 5.73 Å². The molecule has 0 aromatic rings. The summed E-state index contributed by atoms with van der Waals surface area (Å²) >= 11 is 0. The van der Waals surface area contributed by atoms with Crippen LogP contribution in [0.3, 0.4) is 0 Å². The van der Waals surface area contributed by atoms with E-state index >= 15 is 0 Å². The molecule has 2 aliphatic heterocycles. The van der Waals surface area contributed by atoms with Gasteiger partial charge in [-0.25, -0.2) is 4.79 Å². The van der Waals surface area contributed by atoms with Crippen molar-refractivity contribution < 1.29 is 34.1 Å². The predicted molar refractivity (Wildman–Crippen MR) is 80.0 cm³/mol. The van der Waals surface area contributed by atoms with E-state index in [1.807, 2.05) is 6.08 Å². The summed E-state index contributed by atoms with van der Waals surface area (Å²) in [6.07, 6.45) is 4.05. The van der Waals surface area contributed by atoms with Crippen LogP contribution in [0.2, 0.25) is 0 Å². The van der Waals surface area contributed by atoms with Crippen LogP contribution in [0, 0.1) is 0 Å². The molecule has 0 bridgehead atoms. The number of nitrogens with zero attached hydrogens (tertiary/aromatic N) is 1. The number of aliphatic carboxylic acids is 1. The lowest BCUT2D eigenvalue weighted by Crippen LogP contribution is -2.31. The Kier molecular flexibility index (Phi) is 5.93. The maximum Gasteiger partial charge on any atom is 0.333 e. The van der Waals surface area contributed by atoms with Crippen LogP contribution < -0.4 is 5.73 Å². The maximum absolute atomic E-state index is 11.4. The van der Waals surface area contributed by atoms with Gasteiger partial charge in [0.25, 0.3) is 0 Å². The fraction of sp³-hybridized carbons (Fsp3) is 0.533. The topological polar surface area (TPSA) is 139 Å². The largest absolute Gasteiger partial charge is 0.479 e. The third kappa shape index (κ3) is 4.80. The molecule has 0 radical (unpaired) electrons. The summed E-state index contributed by atoms with van der Waals surface area (Å²) in [5.74, 6) is -2.76. The van der Waals surface area contributed by atoms with E-state index < -0.39 is 30.4 Å². The zero-order chi connectivity index (χ0) is 17.7. The molecule has 2 rings (SSSR count). The molecule has 0 spiro atoms. The molecule has 0 aromatic heterocycles. The number of carbonyl (C=O) groups excluding carboxylic acids is 2. The molecule has 0 aromatic carbocycles. The van der Waals surface area contributed by atoms with Crippen molar-refractivity contribution >= 4 is 17.8 Å². The molecule has 1 fully saturated rings. The Bertz CT molecular complexity index is 572. The summed E-state index contributed by atoms with van der Waals surface area (Å²) in [7, 11) is 0. The highest BCUT2D eigenvalue weighted by atomic mass is 16.6. The van der Waals surface area contributed by atoms with Gasteiger partial charge in [0.05, 0.1) is 12.5 Å². The SMILES string of the molecule is NC(=O)C1=CN(C2CCC(COC(=O)CC(O)C(=O)O)O2)C=CC1. The Balaban J connectivity index is 1.78. The zero-order valence-corrected chi connectivity index (χ0v) is 13.0. The molecule has 3 atom stereocenters. The van der Waals surface area contributed by atoms with Crippen molar-refractivity contribution in [2.45, 2.75) is 44.1 Å². The number of hydrogen-bond donors (Lipinski definition) is 3. The third-order valence-corrected chi connectivity index (χ3v) is 3.73. The number of esters is 1. The minimum absolute atomic E-state index is 0.0222. The van der Waals surface area contributed by atoms with E-state index in [0.717, 1.165) is 0 Å². The highest BCUT2D eigenvalue weighted by molar-refractivity contribution is 5.92. The number of amides is 1. The third-order valence-electron chi connectivity index (χ3n) is 3.73. The van der Waals surface area contributed by atoms with Gasteiger partial charge in [-0.3, -0.25) is 9.59 Å². The molecule has 2 heterocycles. The van der Waals surface area contributed by atoms with Gasteiger partial charge in [0.15, 0.2) is 6.10 Å². The molecule has 2 aliphatic rings. The highest BCUT2D eigenvalue weighted by Crippen LogP contribution is 2.26. The summed E-state index contributed by atoms with van der Waals surface area (Å²) in [6, 6.07) is 0. The van der Waals surface area contributed by atoms with Gasteiger partial charge in [-0.1, -0.05) is 6.08 Å². The number of ether oxygens (including phenoxy) is 2. The smallest absolute Gasteiger partial charge is 0.333 e. The molecule has 3 unspecified atom stereocenters. The molecule has 24 heavy (non-hydrogen) atoms. The first kappa shape index (κ1) is 18.0. The van der Waals surface area contributed by atoms with E-state index in [-0.39, 0.29) is 18.9 Å². The Morgan fingerprint density at radius 3 is 2.83 bits per heavy atom. The molecule has 4 N–H and O–H groups in total. The quantitative estimate of drug-likeness (QED) is 0.525. The summed E-state index contributed by atoms with van der Waals surface area (Å²) < 4.78 is 10.7. The van der Waals surface area contributed by atoms with Crippen LogP contribution in [0.4, 0.5) is 0 Å². The minimum atomic E-state index is -1.77. The number of rotatable bonds is 7. The number of carbonyl (C=O) groups is 3. The van der Waals surface area contributed by atoms with E-state index in [1.54, 1.807) is 17.3 Å². The molecule has 0 saturated carbocycles. The lowest BCUT2D eigenvalue weighted by molar-refractivity contribution is -0.158. The second-order valence-corrected chi connectivity index (χ2v) is 5.59. The zero-order valence-electron chi connectivity index (χ0n) is 13.0. The number of nitrogens with two attached hydrogens (primary N) is 1. The van der Waals surface area contributed by atoms with Crippen LogP contribution in [0.15, 0.2) is 24.0 Å². The molecule has 1 amide bonds. The van der Waals surface area contributed by atoms with Crippen molar-refractivity contribution in [3.63, 3.8) is 0 Å². The van der Waals surface area contributed by atoms with Gasteiger partial charge >= 0.3 is 11.9 Å². The Labute approximate surface area is 138 Å². The molecule has 132 valence electrons. The van der Waals surface area contributed by atoms with Crippen LogP contribution >= 0.6 is 0 Å². The average molecular weight is 340 g/mol. The fourth-order valence-corrected chi connectivity index (χ4v) is 2.44. The molecule has 9 nitrogen and oxygen atoms in total. The van der Waals surface area contributed by atoms with Crippen LogP contribution in [0.1, 0.15) is 25.7 Å². The Hall–Kier alpha value is -2.39. The summed E-state index contributed by atoms with van der Waals surface area (Å²) in [5.41, 5.74) is 5.75. The van der Waals surface area contributed by atoms with Crippen molar-refractivity contribution in [3.8, 4) is 0 Å². The first-order chi connectivity index (χ1) is 11.4. The van der Waals surface area contributed by atoms with Crippen molar-refractivity contribution in [2.75, 3.05) is 6.61 Å². The average Bonchev–Trinajstić information content (AvgIpc) is 3.02. The van der Waals surface area contributed by atoms with Gasteiger partial charge in [0, 0.05) is 18.0 Å². The van der Waals surface area contributed by atoms with Gasteiger partial charge in [0.1, 0.15) is 12.8 Å². The molecule has 1 saturated heterocycles. The van der Waals surface area contributed by atoms with Gasteiger partial charge in [-0.05, 0) is 19.3 Å². The molecule has 9 heteroatoms. The van der Waals surface area contributed by atoms with E-state index in [2.05, 4.69) is 0 Å². The monoisotopic (exact) mass is 340 g/mol. The molecular weight excluding hydrogens is 320 g/mol. The number of primary amides is 1. The second kappa shape index (κ2) is 7.93. The minimum Gasteiger partial charge on any atom is -0.479 e. The first-order valence-electron chi connectivity index (χ1n) is 7.53. The van der Waals surface area contributed by atoms with Crippen molar-refractivity contribution in [3.05, 3.63) is 24.0 Å². The standard InChI is InChI=1S/C15H20N2O7/c16-14(20)9-2-1-5-17(7-9)12-4-3-10(24-12)8-23-13(19)6-11(18)15(21)22/h1,5,7,10-12,18H,2-4,6,8H2,(H2,16,20)(H,21,22). The second-order valence-electron chi connectivity index (χ2n) is 5.59. The van der Waals surface area contributed by atoms with E-state index in [1.165, 1.54) is 0 Å². The van der Waals surface area contributed by atoms with Crippen LogP contribution in [0.25, 0.3) is 0 Å². The normalized spacial score (nSPS) is 24.4. The Morgan fingerprint density at radius 1 is 1.42 bits per heavy atom. The van der Waals surface area contributed by atoms with Gasteiger partial charge < -0.3 is 30.3 Å². The fourth-order valence-electron chi connectivity index (χ4n) is 2.44. The number of carboxylic acids is 1. The predicted octanol–water partition coefficient (Wildman–Crippen LogP) is -0.541. The summed E-state index contributed by atoms with van der Waals surface area (Å²) in [5, 5.41) is 17.6. The Morgan fingerprint density at radius 2 is 2.17 bits per heavy atom. The lowest BCUT2D eigenvalue weighted by atomic mass is 10.1. The lowest BCUT2D eigenvalue weighted by Gasteiger charge is -2.27. The van der Waals surface area contributed by atoms with Gasteiger partial charge in [-0.2, -0.15) is 0 Å². The van der Waals surface area contributed by atoms with E-state index in [9.17, 15) is 14.4 Å². The van der Waals surface area contributed by atoms with Crippen molar-refractivity contribution in [1.29, 1.82) is 0 Å². The van der Waals surface area contributed by atoms with Crippen molar-refractivity contribution in [1.82, 2.24) is 4.90 Å². The van der Waals surface area contributed by atoms with Gasteiger partial charge in [0.2, 0.25) is 5.91 Å². The summed E-state index contributed by atoms with van der Waals surface area (Å²) in [6.45, 7) is -0.0222.